The minimum absolute atomic E-state index is 0.0262. The monoisotopic (exact) mass is 578 g/mol. The second-order valence-electron chi connectivity index (χ2n) is 11.2. The van der Waals surface area contributed by atoms with Gasteiger partial charge in [0.25, 0.3) is 11.2 Å². The van der Waals surface area contributed by atoms with E-state index in [9.17, 15) is 24.8 Å². The summed E-state index contributed by atoms with van der Waals surface area (Å²) in [4.78, 5) is 42.6. The van der Waals surface area contributed by atoms with Gasteiger partial charge in [-0.2, -0.15) is 0 Å². The molecule has 4 bridgehead atoms. The lowest BCUT2D eigenvalue weighted by Gasteiger charge is -2.57. The molecule has 0 saturated heterocycles. The number of aryl methyl sites for hydroxylation is 1. The lowest BCUT2D eigenvalue weighted by molar-refractivity contribution is -0.384. The molecule has 10 heteroatoms. The average molecular weight is 579 g/mol. The van der Waals surface area contributed by atoms with Crippen LogP contribution in [0.2, 0.25) is 0 Å². The number of aromatic amines is 1. The van der Waals surface area contributed by atoms with E-state index in [2.05, 4.69) is 25.9 Å². The second-order valence-corrected chi connectivity index (χ2v) is 12.1. The zero-order chi connectivity index (χ0) is 26.8. The molecule has 7 rings (SSSR count). The number of rotatable bonds is 5. The van der Waals surface area contributed by atoms with Gasteiger partial charge in [0, 0.05) is 16.8 Å². The van der Waals surface area contributed by atoms with Crippen LogP contribution in [0.5, 0.6) is 5.88 Å². The number of nitro benzene ring substituents is 1. The van der Waals surface area contributed by atoms with Crippen LogP contribution in [0.3, 0.4) is 0 Å². The van der Waals surface area contributed by atoms with Gasteiger partial charge in [-0.3, -0.25) is 19.9 Å². The SMILES string of the molecule is Cc1ccc(N=Cc2c(O)n(-c3ccc(C45CC6CC(CC(C6)C4)C5)cc3Br)c(=O)[nH]c2=O)c([N+](=O)[O-])c1. The molecular weight excluding hydrogens is 552 g/mol. The van der Waals surface area contributed by atoms with Gasteiger partial charge in [-0.05, 0) is 114 Å². The fraction of sp³-hybridized carbons (Fsp3) is 0.393. The Morgan fingerprint density at radius 1 is 1.11 bits per heavy atom. The standard InChI is InChI=1S/C28H27BrN4O5/c1-15-2-4-22(24(6-15)33(37)38)30-14-20-25(34)31-27(36)32(26(20)35)23-5-3-19(10-21(23)29)28-11-16-7-17(12-28)9-18(8-16)13-28/h2-6,10,14,16-18,35H,7-9,11-13H2,1H3,(H,31,34,36). The van der Waals surface area contributed by atoms with Crippen molar-refractivity contribution in [1.29, 1.82) is 0 Å². The maximum atomic E-state index is 12.8. The normalized spacial score (nSPS) is 25.8. The number of H-pyrrole nitrogens is 1. The van der Waals surface area contributed by atoms with Gasteiger partial charge in [0.2, 0.25) is 5.88 Å². The maximum Gasteiger partial charge on any atom is 0.335 e. The highest BCUT2D eigenvalue weighted by atomic mass is 79.9. The van der Waals surface area contributed by atoms with Crippen molar-refractivity contribution in [3.8, 4) is 11.6 Å². The first-order chi connectivity index (χ1) is 18.1. The minimum atomic E-state index is -0.844. The molecule has 0 unspecified atom stereocenters. The van der Waals surface area contributed by atoms with Crippen molar-refractivity contribution in [3.63, 3.8) is 0 Å². The number of nitrogens with zero attached hydrogens (tertiary/aromatic N) is 3. The Hall–Kier alpha value is -3.53. The van der Waals surface area contributed by atoms with Gasteiger partial charge in [-0.15, -0.1) is 0 Å². The number of nitro groups is 1. The largest absolute Gasteiger partial charge is 0.493 e. The Balaban J connectivity index is 1.39. The zero-order valence-corrected chi connectivity index (χ0v) is 22.4. The van der Waals surface area contributed by atoms with Crippen molar-refractivity contribution in [2.45, 2.75) is 50.9 Å². The molecule has 196 valence electrons. The average Bonchev–Trinajstić information content (AvgIpc) is 2.84. The number of aliphatic imine (C=N–C) groups is 1. The summed E-state index contributed by atoms with van der Waals surface area (Å²) in [6.07, 6.45) is 8.65. The molecule has 3 aromatic rings. The van der Waals surface area contributed by atoms with E-state index < -0.39 is 22.1 Å². The van der Waals surface area contributed by atoms with Crippen molar-refractivity contribution < 1.29 is 10.0 Å². The fourth-order valence-corrected chi connectivity index (χ4v) is 7.94. The third-order valence-corrected chi connectivity index (χ3v) is 9.26. The molecule has 0 atom stereocenters. The van der Waals surface area contributed by atoms with Crippen molar-refractivity contribution >= 4 is 33.5 Å². The smallest absolute Gasteiger partial charge is 0.335 e. The fourth-order valence-electron chi connectivity index (χ4n) is 7.38. The molecule has 1 heterocycles. The number of hydrogen-bond acceptors (Lipinski definition) is 6. The molecule has 4 aliphatic carbocycles. The highest BCUT2D eigenvalue weighted by molar-refractivity contribution is 9.10. The van der Waals surface area contributed by atoms with Crippen molar-refractivity contribution in [1.82, 2.24) is 9.55 Å². The summed E-state index contributed by atoms with van der Waals surface area (Å²) in [6, 6.07) is 10.4. The molecule has 2 aromatic carbocycles. The van der Waals surface area contributed by atoms with Gasteiger partial charge in [0.1, 0.15) is 11.3 Å². The van der Waals surface area contributed by atoms with Crippen LogP contribution in [0.1, 0.15) is 55.2 Å². The summed E-state index contributed by atoms with van der Waals surface area (Å²) < 4.78 is 1.65. The van der Waals surface area contributed by atoms with Gasteiger partial charge < -0.3 is 5.11 Å². The Bertz CT molecular complexity index is 1590. The topological polar surface area (TPSA) is 131 Å². The molecule has 1 aromatic heterocycles. The number of aromatic nitrogens is 2. The number of aromatic hydroxyl groups is 1. The number of nitrogens with one attached hydrogen (secondary N) is 1. The molecule has 4 saturated carbocycles. The van der Waals surface area contributed by atoms with E-state index in [-0.39, 0.29) is 22.4 Å². The Kier molecular flexibility index (Phi) is 5.90. The van der Waals surface area contributed by atoms with E-state index in [1.165, 1.54) is 56.2 Å². The van der Waals surface area contributed by atoms with Crippen molar-refractivity contribution in [2.75, 3.05) is 0 Å². The number of benzene rings is 2. The van der Waals surface area contributed by atoms with Crippen LogP contribution >= 0.6 is 15.9 Å². The molecule has 0 aliphatic heterocycles. The van der Waals surface area contributed by atoms with Gasteiger partial charge in [0.15, 0.2) is 0 Å². The van der Waals surface area contributed by atoms with Crippen LogP contribution in [-0.4, -0.2) is 25.8 Å². The van der Waals surface area contributed by atoms with E-state index in [4.69, 9.17) is 0 Å². The number of hydrogen-bond donors (Lipinski definition) is 2. The molecule has 0 amide bonds. The second kappa shape index (κ2) is 9.04. The molecule has 2 N–H and O–H groups in total. The molecule has 9 nitrogen and oxygen atoms in total. The predicted octanol–water partition coefficient (Wildman–Crippen LogP) is 5.43. The van der Waals surface area contributed by atoms with Crippen LogP contribution in [0.4, 0.5) is 11.4 Å². The first-order valence-electron chi connectivity index (χ1n) is 12.8. The summed E-state index contributed by atoms with van der Waals surface area (Å²) in [6.45, 7) is 1.72. The minimum Gasteiger partial charge on any atom is -0.493 e. The highest BCUT2D eigenvalue weighted by Gasteiger charge is 2.51. The van der Waals surface area contributed by atoms with Crippen LogP contribution in [0.15, 0.2) is 55.5 Å². The summed E-state index contributed by atoms with van der Waals surface area (Å²) in [5.74, 6) is 1.77. The Morgan fingerprint density at radius 2 is 1.76 bits per heavy atom. The van der Waals surface area contributed by atoms with E-state index in [1.54, 1.807) is 19.1 Å². The molecule has 0 spiro atoms. The molecular formula is C28H27BrN4O5. The lowest BCUT2D eigenvalue weighted by Crippen LogP contribution is -2.48. The van der Waals surface area contributed by atoms with Crippen molar-refractivity contribution in [2.24, 2.45) is 22.7 Å². The zero-order valence-electron chi connectivity index (χ0n) is 20.8. The first-order valence-corrected chi connectivity index (χ1v) is 13.6. The highest BCUT2D eigenvalue weighted by Crippen LogP contribution is 2.61. The Morgan fingerprint density at radius 3 is 2.37 bits per heavy atom. The Labute approximate surface area is 226 Å². The summed E-state index contributed by atoms with van der Waals surface area (Å²) in [5.41, 5.74) is 0.354. The van der Waals surface area contributed by atoms with Gasteiger partial charge in [0.05, 0.1) is 10.6 Å². The van der Waals surface area contributed by atoms with E-state index in [0.717, 1.165) is 28.5 Å². The first kappa shape index (κ1) is 24.8. The van der Waals surface area contributed by atoms with Gasteiger partial charge in [-0.25, -0.2) is 14.4 Å². The lowest BCUT2D eigenvalue weighted by atomic mass is 9.48. The maximum absolute atomic E-state index is 12.8. The summed E-state index contributed by atoms with van der Waals surface area (Å²) in [5, 5.41) is 22.5. The van der Waals surface area contributed by atoms with E-state index >= 15 is 0 Å². The molecule has 4 aliphatic rings. The molecule has 38 heavy (non-hydrogen) atoms. The third-order valence-electron chi connectivity index (χ3n) is 8.62. The van der Waals surface area contributed by atoms with Crippen molar-refractivity contribution in [3.05, 3.63) is 88.5 Å². The van der Waals surface area contributed by atoms with Crippen LogP contribution in [0, 0.1) is 34.8 Å². The van der Waals surface area contributed by atoms with Crippen LogP contribution < -0.4 is 11.2 Å². The summed E-state index contributed by atoms with van der Waals surface area (Å²) in [7, 11) is 0. The predicted molar refractivity (Wildman–Crippen MR) is 147 cm³/mol. The third kappa shape index (κ3) is 4.11. The molecule has 4 fully saturated rings. The van der Waals surface area contributed by atoms with Crippen LogP contribution in [0.25, 0.3) is 5.69 Å². The van der Waals surface area contributed by atoms with Gasteiger partial charge >= 0.3 is 5.69 Å². The van der Waals surface area contributed by atoms with Gasteiger partial charge in [-0.1, -0.05) is 12.1 Å². The van der Waals surface area contributed by atoms with Crippen LogP contribution in [-0.2, 0) is 5.41 Å². The van der Waals surface area contributed by atoms with E-state index in [0.29, 0.717) is 15.7 Å². The molecule has 0 radical (unpaired) electrons. The number of halogens is 1. The summed E-state index contributed by atoms with van der Waals surface area (Å²) >= 11 is 3.61. The quantitative estimate of drug-likeness (QED) is 0.237. The van der Waals surface area contributed by atoms with E-state index in [1.807, 2.05) is 12.1 Å².